The fourth-order valence-corrected chi connectivity index (χ4v) is 1.36. The van der Waals surface area contributed by atoms with Crippen LogP contribution in [-0.4, -0.2) is 21.1 Å². The molecule has 0 saturated carbocycles. The Morgan fingerprint density at radius 3 is 2.88 bits per heavy atom. The standard InChI is InChI=1S/C11H12N4O/c1-8(9-4-2-3-6-12-9)14-11(16)10-5-7-13-15-10/h2-8H,1H3,(H,13,15)(H,14,16)/t8-/m1/s1. The Labute approximate surface area is 92.9 Å². The molecule has 1 atom stereocenters. The van der Waals surface area contributed by atoms with E-state index in [0.717, 1.165) is 5.69 Å². The topological polar surface area (TPSA) is 70.7 Å². The van der Waals surface area contributed by atoms with Gasteiger partial charge < -0.3 is 5.32 Å². The van der Waals surface area contributed by atoms with Gasteiger partial charge in [-0.2, -0.15) is 5.10 Å². The van der Waals surface area contributed by atoms with Gasteiger partial charge in [0.25, 0.3) is 5.91 Å². The monoisotopic (exact) mass is 216 g/mol. The first kappa shape index (κ1) is 10.4. The molecule has 0 unspecified atom stereocenters. The van der Waals surface area contributed by atoms with Crippen molar-refractivity contribution in [2.24, 2.45) is 0 Å². The molecule has 5 heteroatoms. The second kappa shape index (κ2) is 4.57. The van der Waals surface area contributed by atoms with Gasteiger partial charge >= 0.3 is 0 Å². The van der Waals surface area contributed by atoms with Gasteiger partial charge in [0.1, 0.15) is 5.69 Å². The lowest BCUT2D eigenvalue weighted by atomic mass is 10.2. The first-order valence-corrected chi connectivity index (χ1v) is 4.98. The first-order chi connectivity index (χ1) is 7.77. The Kier molecular flexibility index (Phi) is 2.95. The summed E-state index contributed by atoms with van der Waals surface area (Å²) in [7, 11) is 0. The molecule has 0 aliphatic heterocycles. The molecule has 0 radical (unpaired) electrons. The van der Waals surface area contributed by atoms with Crippen molar-refractivity contribution < 1.29 is 4.79 Å². The summed E-state index contributed by atoms with van der Waals surface area (Å²) in [5.74, 6) is -0.185. The van der Waals surface area contributed by atoms with E-state index in [1.165, 1.54) is 0 Å². The second-order valence-corrected chi connectivity index (χ2v) is 3.42. The predicted molar refractivity (Wildman–Crippen MR) is 58.7 cm³/mol. The van der Waals surface area contributed by atoms with Crippen molar-refractivity contribution >= 4 is 5.91 Å². The van der Waals surface area contributed by atoms with Crippen molar-refractivity contribution in [1.29, 1.82) is 0 Å². The molecule has 16 heavy (non-hydrogen) atoms. The van der Waals surface area contributed by atoms with Gasteiger partial charge in [0.05, 0.1) is 11.7 Å². The zero-order valence-electron chi connectivity index (χ0n) is 8.84. The number of aromatic amines is 1. The lowest BCUT2D eigenvalue weighted by Gasteiger charge is -2.12. The summed E-state index contributed by atoms with van der Waals surface area (Å²) >= 11 is 0. The lowest BCUT2D eigenvalue weighted by molar-refractivity contribution is 0.0934. The largest absolute Gasteiger partial charge is 0.343 e. The Morgan fingerprint density at radius 2 is 2.25 bits per heavy atom. The fraction of sp³-hybridized carbons (Fsp3) is 0.182. The van der Waals surface area contributed by atoms with Gasteiger partial charge in [-0.05, 0) is 25.1 Å². The highest BCUT2D eigenvalue weighted by Crippen LogP contribution is 2.08. The van der Waals surface area contributed by atoms with Crippen LogP contribution < -0.4 is 5.32 Å². The number of pyridine rings is 1. The quantitative estimate of drug-likeness (QED) is 0.812. The molecule has 2 aromatic rings. The molecule has 0 aliphatic rings. The number of carbonyl (C=O) groups is 1. The number of aromatic nitrogens is 3. The number of nitrogens with one attached hydrogen (secondary N) is 2. The molecule has 2 aromatic heterocycles. The number of H-pyrrole nitrogens is 1. The van der Waals surface area contributed by atoms with Gasteiger partial charge in [-0.25, -0.2) is 0 Å². The number of amides is 1. The molecule has 5 nitrogen and oxygen atoms in total. The molecule has 0 bridgehead atoms. The van der Waals surface area contributed by atoms with E-state index in [-0.39, 0.29) is 11.9 Å². The fourth-order valence-electron chi connectivity index (χ4n) is 1.36. The molecule has 0 spiro atoms. The van der Waals surface area contributed by atoms with E-state index in [2.05, 4.69) is 20.5 Å². The van der Waals surface area contributed by atoms with Gasteiger partial charge in [-0.3, -0.25) is 14.9 Å². The van der Waals surface area contributed by atoms with Crippen LogP contribution in [0.2, 0.25) is 0 Å². The highest BCUT2D eigenvalue weighted by Gasteiger charge is 2.12. The summed E-state index contributed by atoms with van der Waals surface area (Å²) in [6, 6.07) is 7.10. The number of rotatable bonds is 3. The minimum absolute atomic E-state index is 0.128. The zero-order valence-corrected chi connectivity index (χ0v) is 8.84. The van der Waals surface area contributed by atoms with Gasteiger partial charge in [-0.15, -0.1) is 0 Å². The van der Waals surface area contributed by atoms with Crippen LogP contribution in [0.15, 0.2) is 36.7 Å². The van der Waals surface area contributed by atoms with Gasteiger partial charge in [0, 0.05) is 12.4 Å². The summed E-state index contributed by atoms with van der Waals surface area (Å²) in [4.78, 5) is 15.9. The summed E-state index contributed by atoms with van der Waals surface area (Å²) < 4.78 is 0. The summed E-state index contributed by atoms with van der Waals surface area (Å²) in [5.41, 5.74) is 1.28. The van der Waals surface area contributed by atoms with E-state index >= 15 is 0 Å². The smallest absolute Gasteiger partial charge is 0.269 e. The molecule has 2 rings (SSSR count). The first-order valence-electron chi connectivity index (χ1n) is 4.98. The molecular formula is C11H12N4O. The van der Waals surface area contributed by atoms with Crippen molar-refractivity contribution in [3.8, 4) is 0 Å². The summed E-state index contributed by atoms with van der Waals surface area (Å²) in [6.07, 6.45) is 3.24. The molecule has 2 heterocycles. The van der Waals surface area contributed by atoms with Crippen molar-refractivity contribution in [3.05, 3.63) is 48.0 Å². The van der Waals surface area contributed by atoms with E-state index in [1.54, 1.807) is 18.5 Å². The van der Waals surface area contributed by atoms with Gasteiger partial charge in [0.15, 0.2) is 0 Å². The predicted octanol–water partition coefficient (Wildman–Crippen LogP) is 1.30. The Morgan fingerprint density at radius 1 is 1.38 bits per heavy atom. The van der Waals surface area contributed by atoms with Crippen LogP contribution in [0.4, 0.5) is 0 Å². The molecule has 1 amide bonds. The molecule has 0 aliphatic carbocycles. The SMILES string of the molecule is C[C@@H](NC(=O)c1ccn[nH]1)c1ccccn1. The zero-order chi connectivity index (χ0) is 11.4. The van der Waals surface area contributed by atoms with E-state index in [0.29, 0.717) is 5.69 Å². The minimum Gasteiger partial charge on any atom is -0.343 e. The molecule has 0 aromatic carbocycles. The number of carbonyl (C=O) groups excluding carboxylic acids is 1. The maximum absolute atomic E-state index is 11.7. The Hall–Kier alpha value is -2.17. The highest BCUT2D eigenvalue weighted by atomic mass is 16.2. The van der Waals surface area contributed by atoms with E-state index in [4.69, 9.17) is 0 Å². The van der Waals surface area contributed by atoms with E-state index < -0.39 is 0 Å². The summed E-state index contributed by atoms with van der Waals surface area (Å²) in [5, 5.41) is 9.16. The number of nitrogens with zero attached hydrogens (tertiary/aromatic N) is 2. The van der Waals surface area contributed by atoms with Gasteiger partial charge in [-0.1, -0.05) is 6.07 Å². The Balaban J connectivity index is 2.03. The minimum atomic E-state index is -0.185. The average molecular weight is 216 g/mol. The van der Waals surface area contributed by atoms with Crippen LogP contribution in [0.1, 0.15) is 29.1 Å². The normalized spacial score (nSPS) is 12.1. The lowest BCUT2D eigenvalue weighted by Crippen LogP contribution is -2.27. The summed E-state index contributed by atoms with van der Waals surface area (Å²) in [6.45, 7) is 1.89. The van der Waals surface area contributed by atoms with Crippen LogP contribution >= 0.6 is 0 Å². The van der Waals surface area contributed by atoms with Crippen LogP contribution in [-0.2, 0) is 0 Å². The Bertz CT molecular complexity index is 452. The average Bonchev–Trinajstić information content (AvgIpc) is 2.83. The van der Waals surface area contributed by atoms with E-state index in [9.17, 15) is 4.79 Å². The van der Waals surface area contributed by atoms with Crippen LogP contribution in [0.3, 0.4) is 0 Å². The molecule has 0 fully saturated rings. The second-order valence-electron chi connectivity index (χ2n) is 3.42. The van der Waals surface area contributed by atoms with Crippen molar-refractivity contribution in [3.63, 3.8) is 0 Å². The third-order valence-electron chi connectivity index (χ3n) is 2.22. The number of hydrogen-bond acceptors (Lipinski definition) is 3. The molecule has 0 saturated heterocycles. The molecule has 2 N–H and O–H groups in total. The number of hydrogen-bond donors (Lipinski definition) is 2. The van der Waals surface area contributed by atoms with Crippen molar-refractivity contribution in [2.75, 3.05) is 0 Å². The third-order valence-corrected chi connectivity index (χ3v) is 2.22. The van der Waals surface area contributed by atoms with Crippen LogP contribution in [0.25, 0.3) is 0 Å². The van der Waals surface area contributed by atoms with Crippen molar-refractivity contribution in [2.45, 2.75) is 13.0 Å². The van der Waals surface area contributed by atoms with Crippen molar-refractivity contribution in [1.82, 2.24) is 20.5 Å². The van der Waals surface area contributed by atoms with E-state index in [1.807, 2.05) is 25.1 Å². The molecule has 82 valence electrons. The molecular weight excluding hydrogens is 204 g/mol. The highest BCUT2D eigenvalue weighted by molar-refractivity contribution is 5.92. The van der Waals surface area contributed by atoms with Gasteiger partial charge in [0.2, 0.25) is 0 Å². The van der Waals surface area contributed by atoms with Crippen LogP contribution in [0.5, 0.6) is 0 Å². The maximum Gasteiger partial charge on any atom is 0.269 e. The third kappa shape index (κ3) is 2.25. The van der Waals surface area contributed by atoms with Crippen LogP contribution in [0, 0.1) is 0 Å². The maximum atomic E-state index is 11.7.